The van der Waals surface area contributed by atoms with E-state index in [9.17, 15) is 15.2 Å². The molecular formula is C5H7BrN2O3. The molecule has 1 aliphatic heterocycles. The van der Waals surface area contributed by atoms with E-state index in [0.717, 1.165) is 0 Å². The van der Waals surface area contributed by atoms with Crippen LogP contribution in [0.5, 0.6) is 0 Å². The van der Waals surface area contributed by atoms with E-state index in [1.807, 2.05) is 0 Å². The van der Waals surface area contributed by atoms with Crippen molar-refractivity contribution < 1.29 is 10.0 Å². The van der Waals surface area contributed by atoms with Gasteiger partial charge in [0.1, 0.15) is 0 Å². The molecule has 0 unspecified atom stereocenters. The lowest BCUT2D eigenvalue weighted by Gasteiger charge is -2.20. The molecule has 0 amide bonds. The third-order valence-electron chi connectivity index (χ3n) is 1.48. The summed E-state index contributed by atoms with van der Waals surface area (Å²) < 4.78 is 0.422. The summed E-state index contributed by atoms with van der Waals surface area (Å²) in [5, 5.41) is 22.2. The van der Waals surface area contributed by atoms with Crippen LogP contribution in [0.4, 0.5) is 0 Å². The number of nitrogens with one attached hydrogen (secondary N) is 1. The maximum Gasteiger partial charge on any atom is 0.260 e. The van der Waals surface area contributed by atoms with Crippen LogP contribution in [0.2, 0.25) is 0 Å². The molecule has 6 heteroatoms. The van der Waals surface area contributed by atoms with Crippen LogP contribution in [0.1, 0.15) is 0 Å². The molecule has 2 N–H and O–H groups in total. The Kier molecular flexibility index (Phi) is 2.45. The summed E-state index contributed by atoms with van der Waals surface area (Å²) in [6, 6.07) is -0.950. The lowest BCUT2D eigenvalue weighted by Crippen LogP contribution is -2.44. The van der Waals surface area contributed by atoms with Crippen LogP contribution in [-0.2, 0) is 0 Å². The third kappa shape index (κ3) is 1.69. The molecule has 11 heavy (non-hydrogen) atoms. The van der Waals surface area contributed by atoms with Gasteiger partial charge in [0.25, 0.3) is 6.04 Å². The lowest BCUT2D eigenvalue weighted by molar-refractivity contribution is -0.530. The zero-order valence-corrected chi connectivity index (χ0v) is 7.11. The van der Waals surface area contributed by atoms with Crippen LogP contribution in [0.3, 0.4) is 0 Å². The molecule has 0 aromatic rings. The zero-order chi connectivity index (χ0) is 8.43. The first-order valence-corrected chi connectivity index (χ1v) is 3.82. The molecule has 0 bridgehead atoms. The zero-order valence-electron chi connectivity index (χ0n) is 5.53. The van der Waals surface area contributed by atoms with Crippen LogP contribution in [-0.4, -0.2) is 28.7 Å². The highest BCUT2D eigenvalue weighted by molar-refractivity contribution is 9.11. The Balaban J connectivity index is 2.72. The predicted molar refractivity (Wildman–Crippen MR) is 41.8 cm³/mol. The van der Waals surface area contributed by atoms with Crippen molar-refractivity contribution >= 4 is 15.9 Å². The molecule has 0 radical (unpaired) electrons. The Hall–Kier alpha value is -0.620. The molecular weight excluding hydrogens is 216 g/mol. The summed E-state index contributed by atoms with van der Waals surface area (Å²) in [5.74, 6) is 0. The van der Waals surface area contributed by atoms with E-state index in [0.29, 0.717) is 4.48 Å². The summed E-state index contributed by atoms with van der Waals surface area (Å²) in [4.78, 5) is 9.77. The van der Waals surface area contributed by atoms with Gasteiger partial charge >= 0.3 is 0 Å². The van der Waals surface area contributed by atoms with E-state index in [4.69, 9.17) is 0 Å². The second-order valence-corrected chi connectivity index (χ2v) is 3.15. The van der Waals surface area contributed by atoms with Crippen molar-refractivity contribution in [3.8, 4) is 0 Å². The van der Waals surface area contributed by atoms with Crippen molar-refractivity contribution in [3.05, 3.63) is 20.8 Å². The van der Waals surface area contributed by atoms with Gasteiger partial charge in [-0.25, -0.2) is 0 Å². The third-order valence-corrected chi connectivity index (χ3v) is 2.18. The van der Waals surface area contributed by atoms with Gasteiger partial charge in [-0.15, -0.1) is 0 Å². The van der Waals surface area contributed by atoms with E-state index >= 15 is 0 Å². The number of rotatable bonds is 1. The summed E-state index contributed by atoms with van der Waals surface area (Å²) in [7, 11) is 0. The molecule has 0 aromatic heterocycles. The fourth-order valence-corrected chi connectivity index (χ4v) is 1.31. The van der Waals surface area contributed by atoms with Crippen molar-refractivity contribution in [2.24, 2.45) is 0 Å². The Morgan fingerprint density at radius 3 is 3.00 bits per heavy atom. The Labute approximate surface area is 71.4 Å². The van der Waals surface area contributed by atoms with Crippen LogP contribution < -0.4 is 5.32 Å². The largest absolute Gasteiger partial charge is 0.383 e. The molecule has 1 rings (SSSR count). The standard InChI is InChI=1S/C5H7BrN2O3/c6-3-1-7-2-4(5(3)9)8(10)11/h1,4-5,7,9H,2H2/t4-,5-/m0/s1. The minimum absolute atomic E-state index is 0.170. The van der Waals surface area contributed by atoms with Gasteiger partial charge in [0.2, 0.25) is 0 Å². The van der Waals surface area contributed by atoms with Gasteiger partial charge in [-0.2, -0.15) is 0 Å². The average Bonchev–Trinajstić information content (AvgIpc) is 1.94. The topological polar surface area (TPSA) is 75.4 Å². The van der Waals surface area contributed by atoms with E-state index in [1.165, 1.54) is 6.20 Å². The second kappa shape index (κ2) is 3.19. The molecule has 1 heterocycles. The SMILES string of the molecule is O=[N+]([O-])[C@H]1CNC=C(Br)[C@@H]1O. The monoisotopic (exact) mass is 222 g/mol. The number of hydrogen-bond donors (Lipinski definition) is 2. The fraction of sp³-hybridized carbons (Fsp3) is 0.600. The molecule has 0 fully saturated rings. The minimum Gasteiger partial charge on any atom is -0.383 e. The summed E-state index contributed by atoms with van der Waals surface area (Å²) >= 11 is 3.01. The molecule has 0 saturated carbocycles. The first-order valence-electron chi connectivity index (χ1n) is 3.03. The second-order valence-electron chi connectivity index (χ2n) is 2.24. The van der Waals surface area contributed by atoms with Crippen molar-refractivity contribution in [3.63, 3.8) is 0 Å². The van der Waals surface area contributed by atoms with Gasteiger partial charge in [-0.05, 0) is 0 Å². The number of nitrogens with zero attached hydrogens (tertiary/aromatic N) is 1. The quantitative estimate of drug-likeness (QED) is 0.478. The molecule has 5 nitrogen and oxygen atoms in total. The summed E-state index contributed by atoms with van der Waals surface area (Å²) in [5.41, 5.74) is 0. The van der Waals surface area contributed by atoms with Gasteiger partial charge in [0.05, 0.1) is 6.54 Å². The van der Waals surface area contributed by atoms with E-state index in [1.54, 1.807) is 0 Å². The smallest absolute Gasteiger partial charge is 0.260 e. The number of aliphatic hydroxyl groups excluding tert-OH is 1. The van der Waals surface area contributed by atoms with Crippen LogP contribution >= 0.6 is 15.9 Å². The average molecular weight is 223 g/mol. The van der Waals surface area contributed by atoms with Crippen molar-refractivity contribution in [2.75, 3.05) is 6.54 Å². The van der Waals surface area contributed by atoms with E-state index < -0.39 is 17.1 Å². The van der Waals surface area contributed by atoms with E-state index in [-0.39, 0.29) is 6.54 Å². The van der Waals surface area contributed by atoms with Gasteiger partial charge in [-0.1, -0.05) is 15.9 Å². The molecule has 0 spiro atoms. The number of nitro groups is 1. The highest BCUT2D eigenvalue weighted by atomic mass is 79.9. The number of aliphatic hydroxyl groups is 1. The van der Waals surface area contributed by atoms with Crippen molar-refractivity contribution in [1.82, 2.24) is 5.32 Å². The van der Waals surface area contributed by atoms with Crippen molar-refractivity contribution in [2.45, 2.75) is 12.1 Å². The molecule has 2 atom stereocenters. The minimum atomic E-state index is -1.02. The number of hydrogen-bond acceptors (Lipinski definition) is 4. The summed E-state index contributed by atoms with van der Waals surface area (Å²) in [6.07, 6.45) is 0.497. The first kappa shape index (κ1) is 8.48. The summed E-state index contributed by atoms with van der Waals surface area (Å²) in [6.45, 7) is 0.170. The Morgan fingerprint density at radius 1 is 1.91 bits per heavy atom. The lowest BCUT2D eigenvalue weighted by atomic mass is 10.1. The molecule has 0 aromatic carbocycles. The molecule has 1 aliphatic rings. The fourth-order valence-electron chi connectivity index (χ4n) is 0.848. The predicted octanol–water partition coefficient (Wildman–Crippen LogP) is -0.168. The Morgan fingerprint density at radius 2 is 2.55 bits per heavy atom. The van der Waals surface area contributed by atoms with Gasteiger partial charge < -0.3 is 10.4 Å². The molecule has 0 aliphatic carbocycles. The van der Waals surface area contributed by atoms with Crippen LogP contribution in [0.25, 0.3) is 0 Å². The maximum absolute atomic E-state index is 10.3. The highest BCUT2D eigenvalue weighted by Gasteiger charge is 2.33. The Bertz CT molecular complexity index is 206. The molecule has 0 saturated heterocycles. The maximum atomic E-state index is 10.3. The highest BCUT2D eigenvalue weighted by Crippen LogP contribution is 2.17. The van der Waals surface area contributed by atoms with E-state index in [2.05, 4.69) is 21.2 Å². The first-order chi connectivity index (χ1) is 5.13. The normalized spacial score (nSPS) is 30.5. The van der Waals surface area contributed by atoms with Gasteiger partial charge in [-0.3, -0.25) is 10.1 Å². The number of halogens is 1. The van der Waals surface area contributed by atoms with Gasteiger partial charge in [0.15, 0.2) is 6.10 Å². The van der Waals surface area contributed by atoms with Gasteiger partial charge in [0, 0.05) is 15.6 Å². The van der Waals surface area contributed by atoms with Crippen LogP contribution in [0, 0.1) is 10.1 Å². The molecule has 62 valence electrons. The van der Waals surface area contributed by atoms with Crippen molar-refractivity contribution in [1.29, 1.82) is 0 Å². The van der Waals surface area contributed by atoms with Crippen LogP contribution in [0.15, 0.2) is 10.7 Å².